The first-order valence-electron chi connectivity index (χ1n) is 8.52. The van der Waals surface area contributed by atoms with E-state index in [2.05, 4.69) is 30.6 Å². The molecule has 1 amide bonds. The Bertz CT molecular complexity index is 1090. The predicted octanol–water partition coefficient (Wildman–Crippen LogP) is 0.952. The first-order chi connectivity index (χ1) is 14.1. The van der Waals surface area contributed by atoms with Crippen LogP contribution in [0, 0.1) is 5.41 Å². The third-order valence-electron chi connectivity index (χ3n) is 4.15. The normalized spacial score (nSPS) is 11.3. The van der Waals surface area contributed by atoms with E-state index in [0.29, 0.717) is 17.0 Å². The van der Waals surface area contributed by atoms with Crippen molar-refractivity contribution >= 4 is 28.3 Å². The third-order valence-corrected chi connectivity index (χ3v) is 5.09. The van der Waals surface area contributed by atoms with Crippen LogP contribution in [0.1, 0.15) is 37.6 Å². The molecule has 0 saturated heterocycles. The Labute approximate surface area is 173 Å². The molecule has 0 saturated carbocycles. The molecule has 0 aliphatic rings. The molecule has 13 nitrogen and oxygen atoms in total. The molecule has 0 bridgehead atoms. The van der Waals surface area contributed by atoms with Gasteiger partial charge in [0.1, 0.15) is 5.69 Å². The van der Waals surface area contributed by atoms with Crippen LogP contribution in [0.15, 0.2) is 12.4 Å². The number of hydrogen-bond donors (Lipinski definition) is 4. The fourth-order valence-corrected chi connectivity index (χ4v) is 2.76. The molecule has 30 heavy (non-hydrogen) atoms. The van der Waals surface area contributed by atoms with Gasteiger partial charge in [-0.1, -0.05) is 23.1 Å². The van der Waals surface area contributed by atoms with Crippen LogP contribution in [0.3, 0.4) is 0 Å². The molecule has 0 radical (unpaired) electrons. The van der Waals surface area contributed by atoms with Gasteiger partial charge in [0.25, 0.3) is 5.91 Å². The van der Waals surface area contributed by atoms with E-state index < -0.39 is 40.6 Å². The topological polar surface area (TPSA) is 185 Å². The lowest BCUT2D eigenvalue weighted by molar-refractivity contribution is -0.156. The first kappa shape index (κ1) is 20.9. The Morgan fingerprint density at radius 1 is 1.23 bits per heavy atom. The van der Waals surface area contributed by atoms with Gasteiger partial charge in [-0.15, -0.1) is 5.10 Å². The standard InChI is InChI=1S/C16H17N7O6S/c1-4-16(2,3)13(27)29-23-6-7(21-22-23)8-5-17-15(30-8)20-12(26)9-10(24)18-14(28)19-11(9)25/h5-6H,4H2,1-3H3,(H,17,20,26)(H3,18,19,24,25,28). The van der Waals surface area contributed by atoms with E-state index in [1.807, 2.05) is 6.92 Å². The summed E-state index contributed by atoms with van der Waals surface area (Å²) in [5.74, 6) is -3.19. The molecule has 158 valence electrons. The van der Waals surface area contributed by atoms with Gasteiger partial charge in [-0.2, -0.15) is 9.97 Å². The molecule has 0 unspecified atom stereocenters. The van der Waals surface area contributed by atoms with E-state index in [9.17, 15) is 19.8 Å². The van der Waals surface area contributed by atoms with Crippen molar-refractivity contribution in [1.82, 2.24) is 30.1 Å². The summed E-state index contributed by atoms with van der Waals surface area (Å²) < 4.78 is 0. The third kappa shape index (κ3) is 4.27. The number of carbonyl (C=O) groups is 2. The molecule has 3 rings (SSSR count). The van der Waals surface area contributed by atoms with Crippen LogP contribution in [-0.4, -0.2) is 57.3 Å². The van der Waals surface area contributed by atoms with Crippen LogP contribution in [-0.2, 0) is 4.79 Å². The maximum atomic E-state index is 12.2. The molecule has 14 heteroatoms. The van der Waals surface area contributed by atoms with Crippen molar-refractivity contribution in [3.63, 3.8) is 0 Å². The second-order valence-electron chi connectivity index (χ2n) is 6.65. The number of hydrogen-bond acceptors (Lipinski definition) is 12. The lowest BCUT2D eigenvalue weighted by atomic mass is 9.91. The quantitative estimate of drug-likeness (QED) is 0.404. The number of anilines is 1. The van der Waals surface area contributed by atoms with Crippen LogP contribution in [0.25, 0.3) is 10.6 Å². The maximum absolute atomic E-state index is 12.2. The van der Waals surface area contributed by atoms with Gasteiger partial charge in [-0.3, -0.25) is 10.1 Å². The Kier molecular flexibility index (Phi) is 5.51. The predicted molar refractivity (Wildman–Crippen MR) is 102 cm³/mol. The maximum Gasteiger partial charge on any atom is 0.340 e. The van der Waals surface area contributed by atoms with E-state index in [-0.39, 0.29) is 5.13 Å². The molecule has 0 spiro atoms. The van der Waals surface area contributed by atoms with E-state index in [1.165, 1.54) is 12.4 Å². The van der Waals surface area contributed by atoms with Crippen LogP contribution in [0.2, 0.25) is 0 Å². The van der Waals surface area contributed by atoms with Crippen LogP contribution in [0.4, 0.5) is 5.13 Å². The number of amides is 1. The Morgan fingerprint density at radius 2 is 1.90 bits per heavy atom. The number of nitrogens with zero attached hydrogens (tertiary/aromatic N) is 6. The highest BCUT2D eigenvalue weighted by Gasteiger charge is 2.28. The molecular weight excluding hydrogens is 418 g/mol. The zero-order chi connectivity index (χ0) is 22.1. The summed E-state index contributed by atoms with van der Waals surface area (Å²) in [5.41, 5.74) is -0.960. The number of nitrogens with one attached hydrogen (secondary N) is 1. The minimum Gasteiger partial charge on any atom is -0.492 e. The van der Waals surface area contributed by atoms with Crippen LogP contribution < -0.4 is 10.2 Å². The van der Waals surface area contributed by atoms with Gasteiger partial charge in [-0.05, 0) is 25.5 Å². The molecule has 0 aliphatic heterocycles. The zero-order valence-corrected chi connectivity index (χ0v) is 16.8. The largest absolute Gasteiger partial charge is 0.492 e. The van der Waals surface area contributed by atoms with Crippen molar-refractivity contribution in [2.24, 2.45) is 5.41 Å². The SMILES string of the molecule is CCC(C)(C)C(=O)On1cc(-c2cnc(NC(=O)c3c(O)nc(O)nc3O)s2)nn1. The van der Waals surface area contributed by atoms with Crippen LogP contribution >= 0.6 is 11.3 Å². The van der Waals surface area contributed by atoms with Crippen molar-refractivity contribution in [2.45, 2.75) is 27.2 Å². The molecular formula is C16H17N7O6S. The summed E-state index contributed by atoms with van der Waals surface area (Å²) in [7, 11) is 0. The minimum atomic E-state index is -0.940. The number of thiazole rings is 1. The second kappa shape index (κ2) is 7.90. The van der Waals surface area contributed by atoms with Gasteiger partial charge in [0.15, 0.2) is 10.7 Å². The smallest absolute Gasteiger partial charge is 0.340 e. The van der Waals surface area contributed by atoms with Crippen molar-refractivity contribution in [3.05, 3.63) is 18.0 Å². The van der Waals surface area contributed by atoms with Crippen molar-refractivity contribution in [1.29, 1.82) is 0 Å². The summed E-state index contributed by atoms with van der Waals surface area (Å²) in [6, 6.07) is -0.885. The fourth-order valence-electron chi connectivity index (χ4n) is 2.00. The molecule has 3 aromatic heterocycles. The van der Waals surface area contributed by atoms with Crippen molar-refractivity contribution < 1.29 is 29.7 Å². The Hall–Kier alpha value is -3.81. The highest BCUT2D eigenvalue weighted by Crippen LogP contribution is 2.30. The van der Waals surface area contributed by atoms with E-state index in [1.54, 1.807) is 13.8 Å². The molecule has 4 N–H and O–H groups in total. The highest BCUT2D eigenvalue weighted by atomic mass is 32.1. The van der Waals surface area contributed by atoms with E-state index in [0.717, 1.165) is 16.2 Å². The molecule has 3 aromatic rings. The number of rotatable bonds is 6. The van der Waals surface area contributed by atoms with Gasteiger partial charge in [0.2, 0.25) is 11.8 Å². The number of aromatic nitrogens is 6. The molecule has 0 fully saturated rings. The summed E-state index contributed by atoms with van der Waals surface area (Å²) in [6.07, 6.45) is 3.37. The van der Waals surface area contributed by atoms with E-state index >= 15 is 0 Å². The van der Waals surface area contributed by atoms with Gasteiger partial charge < -0.3 is 20.2 Å². The minimum absolute atomic E-state index is 0.112. The van der Waals surface area contributed by atoms with Crippen LogP contribution in [0.5, 0.6) is 17.8 Å². The fraction of sp³-hybridized carbons (Fsp3) is 0.312. The lowest BCUT2D eigenvalue weighted by Gasteiger charge is -2.18. The molecule has 3 heterocycles. The van der Waals surface area contributed by atoms with Gasteiger partial charge in [-0.25, -0.2) is 9.78 Å². The van der Waals surface area contributed by atoms with Crippen molar-refractivity contribution in [3.8, 4) is 28.3 Å². The van der Waals surface area contributed by atoms with Gasteiger partial charge >= 0.3 is 12.0 Å². The van der Waals surface area contributed by atoms with E-state index in [4.69, 9.17) is 9.94 Å². The number of aromatic hydroxyl groups is 3. The van der Waals surface area contributed by atoms with Gasteiger partial charge in [0, 0.05) is 6.20 Å². The summed E-state index contributed by atoms with van der Waals surface area (Å²) >= 11 is 1.01. The average molecular weight is 435 g/mol. The first-order valence-corrected chi connectivity index (χ1v) is 9.34. The molecule has 0 aliphatic carbocycles. The molecule has 0 atom stereocenters. The highest BCUT2D eigenvalue weighted by molar-refractivity contribution is 7.19. The lowest BCUT2D eigenvalue weighted by Crippen LogP contribution is -2.33. The Balaban J connectivity index is 1.72. The zero-order valence-electron chi connectivity index (χ0n) is 16.0. The summed E-state index contributed by atoms with van der Waals surface area (Å²) in [5, 5.41) is 38.5. The monoisotopic (exact) mass is 435 g/mol. The average Bonchev–Trinajstić information content (AvgIpc) is 3.30. The second-order valence-corrected chi connectivity index (χ2v) is 7.68. The summed E-state index contributed by atoms with van der Waals surface area (Å²) in [6.45, 7) is 5.37. The number of carbonyl (C=O) groups excluding carboxylic acids is 2. The van der Waals surface area contributed by atoms with Crippen molar-refractivity contribution in [2.75, 3.05) is 5.32 Å². The molecule has 0 aromatic carbocycles. The Morgan fingerprint density at radius 3 is 2.53 bits per heavy atom. The summed E-state index contributed by atoms with van der Waals surface area (Å²) in [4.78, 5) is 41.4. The van der Waals surface area contributed by atoms with Gasteiger partial charge in [0.05, 0.1) is 16.5 Å².